The molecule has 0 aliphatic heterocycles. The molecule has 10 N–H and O–H groups in total. The number of hydrogen-bond acceptors (Lipinski definition) is 8. The van der Waals surface area contributed by atoms with E-state index in [4.69, 9.17) is 15.9 Å². The van der Waals surface area contributed by atoms with Crippen LogP contribution in [0.25, 0.3) is 10.9 Å². The third-order valence-electron chi connectivity index (χ3n) is 6.34. The van der Waals surface area contributed by atoms with Gasteiger partial charge < -0.3 is 47.0 Å². The van der Waals surface area contributed by atoms with Gasteiger partial charge in [-0.15, -0.1) is 0 Å². The number of carbonyl (C=O) groups excluding carboxylic acids is 3. The molecule has 2 heterocycles. The lowest BCUT2D eigenvalue weighted by molar-refractivity contribution is -0.143. The number of nitrogens with one attached hydrogen (secondary N) is 5. The summed E-state index contributed by atoms with van der Waals surface area (Å²) in [5, 5.41) is 35.4. The molecule has 1 aromatic carbocycles. The molecule has 0 spiro atoms. The summed E-state index contributed by atoms with van der Waals surface area (Å²) in [7, 11) is 0. The van der Waals surface area contributed by atoms with Crippen LogP contribution in [0.15, 0.2) is 43.0 Å². The van der Waals surface area contributed by atoms with Gasteiger partial charge in [-0.1, -0.05) is 18.2 Å². The number of imidazole rings is 1. The number of fused-ring (bicyclic) bond motifs is 1. The molecule has 3 aromatic rings. The van der Waals surface area contributed by atoms with Gasteiger partial charge in [-0.3, -0.25) is 24.0 Å². The summed E-state index contributed by atoms with van der Waals surface area (Å²) in [6.07, 6.45) is 2.53. The van der Waals surface area contributed by atoms with Crippen LogP contribution >= 0.6 is 0 Å². The van der Waals surface area contributed by atoms with Crippen LogP contribution in [0.5, 0.6) is 0 Å². The Bertz CT molecular complexity index is 1440. The van der Waals surface area contributed by atoms with Gasteiger partial charge in [0.15, 0.2) is 0 Å². The number of H-pyrrole nitrogens is 2. The Balaban J connectivity index is 1.88. The molecule has 224 valence electrons. The van der Waals surface area contributed by atoms with Gasteiger partial charge in [0.2, 0.25) is 17.7 Å². The Morgan fingerprint density at radius 2 is 1.48 bits per heavy atom. The largest absolute Gasteiger partial charge is 0.481 e. The summed E-state index contributed by atoms with van der Waals surface area (Å²) < 4.78 is 0. The van der Waals surface area contributed by atoms with Crippen molar-refractivity contribution in [2.45, 2.75) is 56.3 Å². The maximum Gasteiger partial charge on any atom is 0.326 e. The number of benzene rings is 1. The number of nitrogens with zero attached hydrogens (tertiary/aromatic N) is 1. The second kappa shape index (κ2) is 14.4. The standard InChI is InChI=1S/C26H31N7O9/c27-16(9-22(36)37)23(38)32-20(8-14-11-28-12-30-14)25(40)33-19(7-13-10-29-17-4-2-1-3-15(13)17)24(39)31-18(26(41)42)5-6-21(34)35/h1-4,10-12,16,18-20,29H,5-9,27H2,(H,28,30)(H,31,39)(H,32,38)(H,33,40)(H,34,35)(H,36,37)(H,41,42). The number of carbonyl (C=O) groups is 6. The van der Waals surface area contributed by atoms with Gasteiger partial charge in [0, 0.05) is 48.3 Å². The first kappa shape index (κ1) is 31.3. The van der Waals surface area contributed by atoms with Crippen molar-refractivity contribution in [3.05, 3.63) is 54.2 Å². The van der Waals surface area contributed by atoms with Crippen molar-refractivity contribution >= 4 is 46.5 Å². The number of para-hydroxylation sites is 1. The molecule has 4 atom stereocenters. The van der Waals surface area contributed by atoms with Gasteiger partial charge in [-0.2, -0.15) is 0 Å². The van der Waals surface area contributed by atoms with E-state index in [1.54, 1.807) is 30.5 Å². The maximum absolute atomic E-state index is 13.5. The quantitative estimate of drug-likeness (QED) is 0.0971. The number of hydrogen-bond donors (Lipinski definition) is 9. The number of carboxylic acids is 3. The Hall–Kier alpha value is -5.25. The van der Waals surface area contributed by atoms with Gasteiger partial charge in [0.1, 0.15) is 18.1 Å². The number of rotatable bonds is 16. The predicted octanol–water partition coefficient (Wildman–Crippen LogP) is -1.12. The molecular weight excluding hydrogens is 554 g/mol. The third kappa shape index (κ3) is 8.88. The first-order valence-electron chi connectivity index (χ1n) is 12.8. The molecule has 16 heteroatoms. The lowest BCUT2D eigenvalue weighted by Crippen LogP contribution is -2.58. The normalized spacial score (nSPS) is 13.8. The van der Waals surface area contributed by atoms with Crippen LogP contribution in [-0.4, -0.2) is 90.1 Å². The van der Waals surface area contributed by atoms with Crippen LogP contribution in [0.2, 0.25) is 0 Å². The van der Waals surface area contributed by atoms with Crippen LogP contribution < -0.4 is 21.7 Å². The van der Waals surface area contributed by atoms with Crippen LogP contribution in [-0.2, 0) is 41.6 Å². The SMILES string of the molecule is NC(CC(=O)O)C(=O)NC(Cc1cnc[nH]1)C(=O)NC(Cc1c[nH]c2ccccc12)C(=O)NC(CCC(=O)O)C(=O)O. The van der Waals surface area contributed by atoms with Gasteiger partial charge >= 0.3 is 17.9 Å². The fourth-order valence-corrected chi connectivity index (χ4v) is 4.18. The van der Waals surface area contributed by atoms with Crippen molar-refractivity contribution in [3.63, 3.8) is 0 Å². The number of nitrogens with two attached hydrogens (primary N) is 1. The molecule has 16 nitrogen and oxygen atoms in total. The number of amides is 3. The van der Waals surface area contributed by atoms with Crippen LogP contribution in [0.3, 0.4) is 0 Å². The van der Waals surface area contributed by atoms with E-state index >= 15 is 0 Å². The van der Waals surface area contributed by atoms with Crippen molar-refractivity contribution in [3.8, 4) is 0 Å². The summed E-state index contributed by atoms with van der Waals surface area (Å²) in [5.41, 5.74) is 7.45. The maximum atomic E-state index is 13.5. The summed E-state index contributed by atoms with van der Waals surface area (Å²) in [4.78, 5) is 82.8. The smallest absolute Gasteiger partial charge is 0.326 e. The van der Waals surface area contributed by atoms with Crippen molar-refractivity contribution < 1.29 is 44.1 Å². The van der Waals surface area contributed by atoms with Crippen molar-refractivity contribution in [2.75, 3.05) is 0 Å². The first-order chi connectivity index (χ1) is 19.9. The van der Waals surface area contributed by atoms with Crippen molar-refractivity contribution in [1.82, 2.24) is 30.9 Å². The molecule has 0 saturated heterocycles. The van der Waals surface area contributed by atoms with Crippen LogP contribution in [0.4, 0.5) is 0 Å². The van der Waals surface area contributed by atoms with E-state index in [0.29, 0.717) is 11.3 Å². The van der Waals surface area contributed by atoms with E-state index in [1.165, 1.54) is 12.5 Å². The minimum Gasteiger partial charge on any atom is -0.481 e. The zero-order chi connectivity index (χ0) is 30.8. The highest BCUT2D eigenvalue weighted by Crippen LogP contribution is 2.19. The molecule has 42 heavy (non-hydrogen) atoms. The Labute approximate surface area is 238 Å². The van der Waals surface area contributed by atoms with E-state index in [-0.39, 0.29) is 12.8 Å². The Kier molecular flexibility index (Phi) is 10.7. The highest BCUT2D eigenvalue weighted by molar-refractivity contribution is 5.95. The van der Waals surface area contributed by atoms with E-state index in [1.807, 2.05) is 0 Å². The van der Waals surface area contributed by atoms with Gasteiger partial charge in [0.05, 0.1) is 18.8 Å². The Morgan fingerprint density at radius 3 is 2.10 bits per heavy atom. The molecular formula is C26H31N7O9. The van der Waals surface area contributed by atoms with Crippen LogP contribution in [0, 0.1) is 0 Å². The van der Waals surface area contributed by atoms with Gasteiger partial charge in [-0.05, 0) is 18.1 Å². The topological polar surface area (TPSA) is 270 Å². The zero-order valence-electron chi connectivity index (χ0n) is 22.2. The van der Waals surface area contributed by atoms with E-state index in [0.717, 1.165) is 10.9 Å². The lowest BCUT2D eigenvalue weighted by Gasteiger charge is -2.25. The zero-order valence-corrected chi connectivity index (χ0v) is 22.2. The summed E-state index contributed by atoms with van der Waals surface area (Å²) in [5.74, 6) is -6.71. The predicted molar refractivity (Wildman–Crippen MR) is 145 cm³/mol. The molecule has 3 rings (SSSR count). The molecule has 0 saturated carbocycles. The summed E-state index contributed by atoms with van der Waals surface area (Å²) in [6, 6.07) is 1.45. The monoisotopic (exact) mass is 585 g/mol. The molecule has 0 radical (unpaired) electrons. The second-order valence-corrected chi connectivity index (χ2v) is 9.50. The fourth-order valence-electron chi connectivity index (χ4n) is 4.18. The lowest BCUT2D eigenvalue weighted by atomic mass is 10.0. The number of aliphatic carboxylic acids is 3. The van der Waals surface area contributed by atoms with Crippen LogP contribution in [0.1, 0.15) is 30.5 Å². The highest BCUT2D eigenvalue weighted by Gasteiger charge is 2.32. The van der Waals surface area contributed by atoms with Gasteiger partial charge in [0.25, 0.3) is 0 Å². The molecule has 2 aromatic heterocycles. The highest BCUT2D eigenvalue weighted by atomic mass is 16.4. The van der Waals surface area contributed by atoms with E-state index in [2.05, 4.69) is 30.9 Å². The minimum atomic E-state index is -1.55. The van der Waals surface area contributed by atoms with E-state index in [9.17, 15) is 33.9 Å². The minimum absolute atomic E-state index is 0.101. The molecule has 0 aliphatic rings. The summed E-state index contributed by atoms with van der Waals surface area (Å²) in [6.45, 7) is 0. The average molecular weight is 586 g/mol. The summed E-state index contributed by atoms with van der Waals surface area (Å²) >= 11 is 0. The molecule has 0 bridgehead atoms. The second-order valence-electron chi connectivity index (χ2n) is 9.50. The molecule has 4 unspecified atom stereocenters. The molecule has 3 amide bonds. The molecule has 0 fully saturated rings. The first-order valence-corrected chi connectivity index (χ1v) is 12.8. The Morgan fingerprint density at radius 1 is 0.833 bits per heavy atom. The average Bonchev–Trinajstić information content (AvgIpc) is 3.59. The number of aromatic amines is 2. The van der Waals surface area contributed by atoms with Crippen molar-refractivity contribution in [1.29, 1.82) is 0 Å². The number of aromatic nitrogens is 3. The van der Waals surface area contributed by atoms with Gasteiger partial charge in [-0.25, -0.2) is 9.78 Å². The van der Waals surface area contributed by atoms with Crippen molar-refractivity contribution in [2.24, 2.45) is 5.73 Å². The molecule has 0 aliphatic carbocycles. The number of carboxylic acid groups (broad SMARTS) is 3. The third-order valence-corrected chi connectivity index (χ3v) is 6.34. The fraction of sp³-hybridized carbons (Fsp3) is 0.346. The van der Waals surface area contributed by atoms with E-state index < -0.39 is 79.1 Å².